The molecular weight excluding hydrogens is 266 g/mol. The van der Waals surface area contributed by atoms with Crippen LogP contribution in [0.1, 0.15) is 20.8 Å². The summed E-state index contributed by atoms with van der Waals surface area (Å²) in [5.74, 6) is -0.701. The fraction of sp³-hybridized carbons (Fsp3) is 0.333. The Bertz CT molecular complexity index is 663. The van der Waals surface area contributed by atoms with Gasteiger partial charge in [-0.05, 0) is 26.8 Å². The molecule has 0 amide bonds. The van der Waals surface area contributed by atoms with E-state index in [1.165, 1.54) is 12.1 Å². The number of benzene rings is 1. The molecule has 0 fully saturated rings. The summed E-state index contributed by atoms with van der Waals surface area (Å²) in [5, 5.41) is 22.4. The van der Waals surface area contributed by atoms with Crippen LogP contribution in [0.15, 0.2) is 18.2 Å². The molecule has 0 aliphatic heterocycles. The Balaban J connectivity index is 2.62. The highest BCUT2D eigenvalue weighted by atomic mass is 19.1. The predicted molar refractivity (Wildman–Crippen MR) is 71.1 cm³/mol. The lowest BCUT2D eigenvalue weighted by Gasteiger charge is -2.19. The highest BCUT2D eigenvalue weighted by molar-refractivity contribution is 6.61. The first-order chi connectivity index (χ1) is 9.20. The van der Waals surface area contributed by atoms with Crippen LogP contribution in [-0.4, -0.2) is 38.6 Å². The van der Waals surface area contributed by atoms with E-state index in [-0.39, 0.29) is 16.5 Å². The Labute approximate surface area is 114 Å². The summed E-state index contributed by atoms with van der Waals surface area (Å²) in [4.78, 5) is 12.0. The first-order valence-electron chi connectivity index (χ1n) is 5.97. The van der Waals surface area contributed by atoms with Gasteiger partial charge in [0.25, 0.3) is 0 Å². The molecule has 1 heterocycles. The molecule has 0 saturated carbocycles. The molecule has 0 unspecified atom stereocenters. The van der Waals surface area contributed by atoms with Crippen molar-refractivity contribution in [2.24, 2.45) is 0 Å². The number of para-hydroxylation sites is 1. The molecule has 0 radical (unpaired) electrons. The third-order valence-corrected chi connectivity index (χ3v) is 2.49. The largest absolute Gasteiger partial charge is 0.510 e. The van der Waals surface area contributed by atoms with E-state index < -0.39 is 24.6 Å². The maximum Gasteiger partial charge on any atom is 0.510 e. The molecule has 106 valence electrons. The molecule has 20 heavy (non-hydrogen) atoms. The summed E-state index contributed by atoms with van der Waals surface area (Å²) in [6, 6.07) is 3.99. The summed E-state index contributed by atoms with van der Waals surface area (Å²) in [5.41, 5.74) is -1.13. The zero-order chi connectivity index (χ0) is 15.1. The van der Waals surface area contributed by atoms with Crippen molar-refractivity contribution in [2.45, 2.75) is 26.4 Å². The molecule has 2 aromatic rings. The van der Waals surface area contributed by atoms with E-state index in [1.807, 2.05) is 0 Å². The van der Waals surface area contributed by atoms with Crippen molar-refractivity contribution < 1.29 is 24.0 Å². The van der Waals surface area contributed by atoms with Crippen molar-refractivity contribution in [3.8, 4) is 0 Å². The van der Waals surface area contributed by atoms with Crippen LogP contribution >= 0.6 is 0 Å². The van der Waals surface area contributed by atoms with Crippen LogP contribution < -0.4 is 5.59 Å². The molecule has 0 aliphatic carbocycles. The average Bonchev–Trinajstić information content (AvgIpc) is 2.67. The molecular formula is C12H14BFN2O4. The first kappa shape index (κ1) is 14.5. The minimum absolute atomic E-state index is 0.144. The molecule has 2 N–H and O–H groups in total. The Morgan fingerprint density at radius 2 is 2.05 bits per heavy atom. The van der Waals surface area contributed by atoms with Crippen molar-refractivity contribution in [1.82, 2.24) is 9.78 Å². The minimum Gasteiger partial charge on any atom is -0.442 e. The summed E-state index contributed by atoms with van der Waals surface area (Å²) < 4.78 is 19.7. The molecule has 8 heteroatoms. The number of hydrogen-bond donors (Lipinski definition) is 2. The van der Waals surface area contributed by atoms with Gasteiger partial charge in [0.2, 0.25) is 0 Å². The number of rotatable bonds is 1. The Hall–Kier alpha value is -1.93. The molecule has 0 atom stereocenters. The van der Waals surface area contributed by atoms with Crippen molar-refractivity contribution >= 4 is 29.7 Å². The monoisotopic (exact) mass is 280 g/mol. The van der Waals surface area contributed by atoms with Gasteiger partial charge < -0.3 is 14.8 Å². The fourth-order valence-electron chi connectivity index (χ4n) is 1.78. The number of aromatic nitrogens is 2. The SMILES string of the molecule is CC(C)(C)OC(=O)n1nc(B(O)O)c2cccc(F)c21. The van der Waals surface area contributed by atoms with Crippen molar-refractivity contribution in [1.29, 1.82) is 0 Å². The van der Waals surface area contributed by atoms with Crippen LogP contribution in [-0.2, 0) is 4.74 Å². The quantitative estimate of drug-likeness (QED) is 0.749. The van der Waals surface area contributed by atoms with Crippen molar-refractivity contribution in [3.05, 3.63) is 24.0 Å². The third kappa shape index (κ3) is 2.66. The summed E-state index contributed by atoms with van der Waals surface area (Å²) in [6.07, 6.45) is -0.889. The van der Waals surface area contributed by atoms with Crippen LogP contribution in [0.4, 0.5) is 9.18 Å². The Morgan fingerprint density at radius 1 is 1.40 bits per heavy atom. The molecule has 0 aliphatic rings. The summed E-state index contributed by atoms with van der Waals surface area (Å²) in [7, 11) is -1.91. The van der Waals surface area contributed by atoms with Gasteiger partial charge in [0.1, 0.15) is 22.5 Å². The summed E-state index contributed by atoms with van der Waals surface area (Å²) in [6.45, 7) is 4.98. The standard InChI is InChI=1S/C12H14BFN2O4/c1-12(2,3)20-11(17)16-9-7(5-4-6-8(9)14)10(15-16)13(18)19/h4-6,18-19H,1-3H3. The lowest BCUT2D eigenvalue weighted by atomic mass is 9.84. The topological polar surface area (TPSA) is 84.6 Å². The second-order valence-electron chi connectivity index (χ2n) is 5.29. The van der Waals surface area contributed by atoms with Gasteiger partial charge in [-0.1, -0.05) is 12.1 Å². The number of fused-ring (bicyclic) bond motifs is 1. The van der Waals surface area contributed by atoms with Crippen molar-refractivity contribution in [2.75, 3.05) is 0 Å². The highest BCUT2D eigenvalue weighted by Crippen LogP contribution is 2.18. The van der Waals surface area contributed by atoms with Crippen LogP contribution in [0.2, 0.25) is 0 Å². The van der Waals surface area contributed by atoms with Crippen LogP contribution in [0.25, 0.3) is 10.9 Å². The predicted octanol–water partition coefficient (Wildman–Crippen LogP) is 0.638. The number of halogens is 1. The van der Waals surface area contributed by atoms with Gasteiger partial charge in [-0.3, -0.25) is 0 Å². The summed E-state index contributed by atoms with van der Waals surface area (Å²) >= 11 is 0. The Kier molecular flexibility index (Phi) is 3.53. The normalized spacial score (nSPS) is 11.7. The molecule has 0 saturated heterocycles. The maximum atomic E-state index is 13.9. The second-order valence-corrected chi connectivity index (χ2v) is 5.29. The second kappa shape index (κ2) is 4.88. The zero-order valence-electron chi connectivity index (χ0n) is 11.3. The van der Waals surface area contributed by atoms with Gasteiger partial charge >= 0.3 is 13.2 Å². The van der Waals surface area contributed by atoms with E-state index >= 15 is 0 Å². The van der Waals surface area contributed by atoms with Crippen LogP contribution in [0, 0.1) is 5.82 Å². The number of carbonyl (C=O) groups is 1. The van der Waals surface area contributed by atoms with Crippen LogP contribution in [0.3, 0.4) is 0 Å². The molecule has 1 aromatic heterocycles. The van der Waals surface area contributed by atoms with Crippen LogP contribution in [0.5, 0.6) is 0 Å². The number of ether oxygens (including phenoxy) is 1. The number of carbonyl (C=O) groups excluding carboxylic acids is 1. The van der Waals surface area contributed by atoms with E-state index in [0.29, 0.717) is 4.68 Å². The molecule has 2 rings (SSSR count). The van der Waals surface area contributed by atoms with E-state index in [2.05, 4.69) is 5.10 Å². The molecule has 0 spiro atoms. The number of nitrogens with zero attached hydrogens (tertiary/aromatic N) is 2. The molecule has 1 aromatic carbocycles. The fourth-order valence-corrected chi connectivity index (χ4v) is 1.78. The van der Waals surface area contributed by atoms with E-state index in [0.717, 1.165) is 6.07 Å². The van der Waals surface area contributed by atoms with Gasteiger partial charge in [-0.2, -0.15) is 9.78 Å². The van der Waals surface area contributed by atoms with Gasteiger partial charge in [0.15, 0.2) is 0 Å². The lowest BCUT2D eigenvalue weighted by molar-refractivity contribution is 0.0522. The lowest BCUT2D eigenvalue weighted by Crippen LogP contribution is -2.34. The van der Waals surface area contributed by atoms with E-state index in [9.17, 15) is 19.2 Å². The van der Waals surface area contributed by atoms with Gasteiger partial charge in [-0.25, -0.2) is 9.18 Å². The highest BCUT2D eigenvalue weighted by Gasteiger charge is 2.27. The van der Waals surface area contributed by atoms with Gasteiger partial charge in [0.05, 0.1) is 0 Å². The van der Waals surface area contributed by atoms with E-state index in [1.54, 1.807) is 20.8 Å². The van der Waals surface area contributed by atoms with Gasteiger partial charge in [0, 0.05) is 5.39 Å². The zero-order valence-corrected chi connectivity index (χ0v) is 11.3. The molecule has 6 nitrogen and oxygen atoms in total. The maximum absolute atomic E-state index is 13.9. The third-order valence-electron chi connectivity index (χ3n) is 2.49. The molecule has 0 bridgehead atoms. The van der Waals surface area contributed by atoms with Crippen molar-refractivity contribution in [3.63, 3.8) is 0 Å². The number of hydrogen-bond acceptors (Lipinski definition) is 5. The Morgan fingerprint density at radius 3 is 2.60 bits per heavy atom. The minimum atomic E-state index is -1.91. The average molecular weight is 280 g/mol. The van der Waals surface area contributed by atoms with Gasteiger partial charge in [-0.15, -0.1) is 0 Å². The first-order valence-corrected chi connectivity index (χ1v) is 5.97. The van der Waals surface area contributed by atoms with E-state index in [4.69, 9.17) is 4.74 Å². The smallest absolute Gasteiger partial charge is 0.442 e.